The molecule has 0 aromatic carbocycles. The van der Waals surface area contributed by atoms with Crippen molar-refractivity contribution < 1.29 is 4.79 Å². The zero-order chi connectivity index (χ0) is 8.20. The number of carbonyl (C=O) groups is 1. The summed E-state index contributed by atoms with van der Waals surface area (Å²) in [4.78, 5) is 10.1. The number of thioether (sulfide) groups is 1. The number of hydrogen-bond donors (Lipinski definition) is 0. The summed E-state index contributed by atoms with van der Waals surface area (Å²) >= 11 is 1.85. The van der Waals surface area contributed by atoms with Crippen LogP contribution in [0.5, 0.6) is 0 Å². The number of carbonyl (C=O) groups excluding carboxylic acids is 1. The van der Waals surface area contributed by atoms with Crippen LogP contribution in [0.4, 0.5) is 0 Å². The van der Waals surface area contributed by atoms with Gasteiger partial charge in [0.2, 0.25) is 0 Å². The van der Waals surface area contributed by atoms with Crippen LogP contribution in [0.15, 0.2) is 0 Å². The van der Waals surface area contributed by atoms with E-state index in [-0.39, 0.29) is 4.75 Å². The first-order valence-electron chi connectivity index (χ1n) is 3.57. The Balaban J connectivity index is 3.56. The molecule has 0 radical (unpaired) electrons. The zero-order valence-corrected chi connectivity index (χ0v) is 7.99. The first-order valence-corrected chi connectivity index (χ1v) is 4.45. The largest absolute Gasteiger partial charge is 0.303 e. The highest BCUT2D eigenvalue weighted by molar-refractivity contribution is 8.01. The second-order valence-corrected chi connectivity index (χ2v) is 5.71. The molecule has 1 nitrogen and oxygen atoms in total. The van der Waals surface area contributed by atoms with E-state index in [1.165, 1.54) is 0 Å². The second kappa shape index (κ2) is 4.02. The fourth-order valence-electron chi connectivity index (χ4n) is 0.787. The molecule has 0 rings (SSSR count). The summed E-state index contributed by atoms with van der Waals surface area (Å²) in [5.41, 5.74) is 0. The minimum atomic E-state index is 0.280. The molecule has 0 amide bonds. The van der Waals surface area contributed by atoms with E-state index in [1.807, 2.05) is 11.8 Å². The van der Waals surface area contributed by atoms with E-state index in [0.29, 0.717) is 11.7 Å². The van der Waals surface area contributed by atoms with Gasteiger partial charge in [-0.05, 0) is 0 Å². The Bertz CT molecular complexity index is 104. The molecule has 0 spiro atoms. The van der Waals surface area contributed by atoms with Crippen molar-refractivity contribution in [1.82, 2.24) is 0 Å². The van der Waals surface area contributed by atoms with E-state index >= 15 is 0 Å². The Morgan fingerprint density at radius 1 is 1.50 bits per heavy atom. The molecule has 2 heteroatoms. The van der Waals surface area contributed by atoms with Crippen molar-refractivity contribution >= 4 is 18.0 Å². The predicted molar refractivity (Wildman–Crippen MR) is 47.5 cm³/mol. The van der Waals surface area contributed by atoms with Crippen molar-refractivity contribution in [3.63, 3.8) is 0 Å². The van der Waals surface area contributed by atoms with Crippen LogP contribution in [0.3, 0.4) is 0 Å². The van der Waals surface area contributed by atoms with Crippen molar-refractivity contribution in [2.75, 3.05) is 0 Å². The van der Waals surface area contributed by atoms with Crippen LogP contribution in [0.25, 0.3) is 0 Å². The van der Waals surface area contributed by atoms with Gasteiger partial charge >= 0.3 is 0 Å². The molecule has 10 heavy (non-hydrogen) atoms. The zero-order valence-electron chi connectivity index (χ0n) is 7.18. The lowest BCUT2D eigenvalue weighted by Gasteiger charge is -2.21. The average Bonchev–Trinajstić information content (AvgIpc) is 1.59. The highest BCUT2D eigenvalue weighted by atomic mass is 32.2. The van der Waals surface area contributed by atoms with Crippen molar-refractivity contribution in [3.05, 3.63) is 0 Å². The number of aldehydes is 1. The van der Waals surface area contributed by atoms with Gasteiger partial charge in [0.05, 0.1) is 0 Å². The minimum Gasteiger partial charge on any atom is -0.303 e. The Morgan fingerprint density at radius 3 is 2.30 bits per heavy atom. The third kappa shape index (κ3) is 6.14. The molecule has 60 valence electrons. The minimum absolute atomic E-state index is 0.280. The number of hydrogen-bond acceptors (Lipinski definition) is 2. The van der Waals surface area contributed by atoms with Gasteiger partial charge in [0.1, 0.15) is 6.29 Å². The third-order valence-electron chi connectivity index (χ3n) is 0.983. The topological polar surface area (TPSA) is 17.1 Å². The molecule has 0 aliphatic carbocycles. The highest BCUT2D eigenvalue weighted by Crippen LogP contribution is 2.28. The molecule has 1 unspecified atom stereocenters. The molecule has 0 aliphatic rings. The molecule has 0 saturated carbocycles. The van der Waals surface area contributed by atoms with Gasteiger partial charge in [-0.1, -0.05) is 27.7 Å². The van der Waals surface area contributed by atoms with Crippen molar-refractivity contribution in [1.29, 1.82) is 0 Å². The average molecular weight is 160 g/mol. The summed E-state index contributed by atoms with van der Waals surface area (Å²) in [6, 6.07) is 0. The maximum Gasteiger partial charge on any atom is 0.121 e. The van der Waals surface area contributed by atoms with Gasteiger partial charge in [-0.3, -0.25) is 0 Å². The van der Waals surface area contributed by atoms with Crippen LogP contribution in [0.2, 0.25) is 0 Å². The number of rotatable bonds is 3. The third-order valence-corrected chi connectivity index (χ3v) is 2.28. The van der Waals surface area contributed by atoms with Crippen molar-refractivity contribution in [2.45, 2.75) is 44.1 Å². The van der Waals surface area contributed by atoms with Crippen LogP contribution >= 0.6 is 11.8 Å². The van der Waals surface area contributed by atoms with Gasteiger partial charge in [-0.15, -0.1) is 0 Å². The van der Waals surface area contributed by atoms with Crippen LogP contribution < -0.4 is 0 Å². The lowest BCUT2D eigenvalue weighted by molar-refractivity contribution is -0.107. The molecule has 0 fully saturated rings. The molecule has 0 aromatic rings. The molecule has 1 atom stereocenters. The fourth-order valence-corrected chi connectivity index (χ4v) is 2.17. The fraction of sp³-hybridized carbons (Fsp3) is 0.875. The smallest absolute Gasteiger partial charge is 0.121 e. The summed E-state index contributed by atoms with van der Waals surface area (Å²) < 4.78 is 0.280. The van der Waals surface area contributed by atoms with Crippen LogP contribution in [-0.4, -0.2) is 16.3 Å². The monoisotopic (exact) mass is 160 g/mol. The highest BCUT2D eigenvalue weighted by Gasteiger charge is 2.14. The Hall–Kier alpha value is 0.0200. The van der Waals surface area contributed by atoms with Gasteiger partial charge in [0.15, 0.2) is 0 Å². The van der Waals surface area contributed by atoms with E-state index in [4.69, 9.17) is 0 Å². The first kappa shape index (κ1) is 10.0. The van der Waals surface area contributed by atoms with Gasteiger partial charge in [0.25, 0.3) is 0 Å². The normalized spacial score (nSPS) is 14.8. The SMILES string of the molecule is CC(CC=O)SC(C)(C)C. The van der Waals surface area contributed by atoms with Crippen molar-refractivity contribution in [3.8, 4) is 0 Å². The maximum atomic E-state index is 10.1. The Labute approximate surface area is 67.6 Å². The van der Waals surface area contributed by atoms with Gasteiger partial charge in [-0.25, -0.2) is 0 Å². The molecule has 0 aliphatic heterocycles. The quantitative estimate of drug-likeness (QED) is 0.590. The second-order valence-electron chi connectivity index (χ2n) is 3.44. The lowest BCUT2D eigenvalue weighted by atomic mass is 10.3. The predicted octanol–water partition coefficient (Wildman–Crippen LogP) is 2.50. The van der Waals surface area contributed by atoms with E-state index in [2.05, 4.69) is 27.7 Å². The van der Waals surface area contributed by atoms with Gasteiger partial charge < -0.3 is 4.79 Å². The van der Waals surface area contributed by atoms with Gasteiger partial charge in [0, 0.05) is 16.4 Å². The van der Waals surface area contributed by atoms with Gasteiger partial charge in [-0.2, -0.15) is 11.8 Å². The molecule has 0 aromatic heterocycles. The molecule has 0 saturated heterocycles. The van der Waals surface area contributed by atoms with Crippen LogP contribution in [0.1, 0.15) is 34.1 Å². The van der Waals surface area contributed by atoms with Crippen molar-refractivity contribution in [2.24, 2.45) is 0 Å². The van der Waals surface area contributed by atoms with E-state index in [9.17, 15) is 4.79 Å². The summed E-state index contributed by atoms with van der Waals surface area (Å²) in [6.07, 6.45) is 1.66. The standard InChI is InChI=1S/C8H16OS/c1-7(5-6-9)10-8(2,3)4/h6-7H,5H2,1-4H3. The first-order chi connectivity index (χ1) is 4.45. The summed E-state index contributed by atoms with van der Waals surface area (Å²) in [7, 11) is 0. The molecule has 0 bridgehead atoms. The molecular formula is C8H16OS. The lowest BCUT2D eigenvalue weighted by Crippen LogP contribution is -2.13. The molecular weight excluding hydrogens is 144 g/mol. The Kier molecular flexibility index (Phi) is 4.02. The summed E-state index contributed by atoms with van der Waals surface area (Å²) in [5.74, 6) is 0. The summed E-state index contributed by atoms with van der Waals surface area (Å²) in [5, 5.41) is 0.456. The van der Waals surface area contributed by atoms with E-state index < -0.39 is 0 Å². The summed E-state index contributed by atoms with van der Waals surface area (Å²) in [6.45, 7) is 8.58. The maximum absolute atomic E-state index is 10.1. The Morgan fingerprint density at radius 2 is 2.00 bits per heavy atom. The van der Waals surface area contributed by atoms with E-state index in [0.717, 1.165) is 6.29 Å². The molecule has 0 N–H and O–H groups in total. The van der Waals surface area contributed by atoms with E-state index in [1.54, 1.807) is 0 Å². The van der Waals surface area contributed by atoms with Crippen LogP contribution in [0, 0.1) is 0 Å². The molecule has 0 heterocycles. The van der Waals surface area contributed by atoms with Crippen LogP contribution in [-0.2, 0) is 4.79 Å².